The van der Waals surface area contributed by atoms with E-state index in [2.05, 4.69) is 15.6 Å². The summed E-state index contributed by atoms with van der Waals surface area (Å²) in [6.45, 7) is 2.21. The molecule has 0 atom stereocenters. The summed E-state index contributed by atoms with van der Waals surface area (Å²) in [5.74, 6) is 0.0110. The zero-order valence-corrected chi connectivity index (χ0v) is 16.1. The Bertz CT molecular complexity index is 867. The maximum atomic E-state index is 12.2. The lowest BCUT2D eigenvalue weighted by atomic mass is 10.1. The fourth-order valence-electron chi connectivity index (χ4n) is 3.16. The van der Waals surface area contributed by atoms with Gasteiger partial charge in [-0.05, 0) is 42.8 Å². The van der Waals surface area contributed by atoms with E-state index in [9.17, 15) is 4.79 Å². The van der Waals surface area contributed by atoms with Crippen molar-refractivity contribution in [1.82, 2.24) is 4.98 Å². The number of thiophene rings is 1. The summed E-state index contributed by atoms with van der Waals surface area (Å²) in [4.78, 5) is 20.5. The Morgan fingerprint density at radius 1 is 1.12 bits per heavy atom. The quantitative estimate of drug-likeness (QED) is 0.671. The van der Waals surface area contributed by atoms with E-state index < -0.39 is 0 Å². The number of carbonyl (C=O) groups is 1. The van der Waals surface area contributed by atoms with Gasteiger partial charge in [0.1, 0.15) is 0 Å². The summed E-state index contributed by atoms with van der Waals surface area (Å²) in [5, 5.41) is 8.20. The van der Waals surface area contributed by atoms with Crippen LogP contribution in [0, 0.1) is 0 Å². The van der Waals surface area contributed by atoms with Gasteiger partial charge in [-0.15, -0.1) is 22.7 Å². The molecule has 0 aliphatic carbocycles. The minimum atomic E-state index is 0.0110. The van der Waals surface area contributed by atoms with Crippen molar-refractivity contribution in [3.05, 3.63) is 52.0 Å². The number of aromatic nitrogens is 1. The monoisotopic (exact) mass is 383 g/mol. The molecule has 3 heterocycles. The summed E-state index contributed by atoms with van der Waals surface area (Å²) in [6.07, 6.45) is 4.24. The van der Waals surface area contributed by atoms with Gasteiger partial charge < -0.3 is 10.2 Å². The Balaban J connectivity index is 1.45. The molecule has 2 aromatic heterocycles. The van der Waals surface area contributed by atoms with Crippen LogP contribution in [0.1, 0.15) is 24.1 Å². The topological polar surface area (TPSA) is 45.2 Å². The van der Waals surface area contributed by atoms with Gasteiger partial charge in [-0.2, -0.15) is 0 Å². The third-order valence-electron chi connectivity index (χ3n) is 4.48. The SMILES string of the molecule is O=C(Cc1cccs1)Nc1cccc(-c2csc(N3CCCCC3)n2)c1. The second kappa shape index (κ2) is 8.01. The second-order valence-electron chi connectivity index (χ2n) is 6.45. The van der Waals surface area contributed by atoms with E-state index in [1.165, 1.54) is 19.3 Å². The van der Waals surface area contributed by atoms with Gasteiger partial charge >= 0.3 is 0 Å². The van der Waals surface area contributed by atoms with E-state index in [1.807, 2.05) is 41.8 Å². The summed E-state index contributed by atoms with van der Waals surface area (Å²) in [6, 6.07) is 11.9. The average Bonchev–Trinajstić information content (AvgIpc) is 3.34. The molecule has 0 bridgehead atoms. The smallest absolute Gasteiger partial charge is 0.229 e. The zero-order valence-electron chi connectivity index (χ0n) is 14.5. The highest BCUT2D eigenvalue weighted by Crippen LogP contribution is 2.30. The average molecular weight is 384 g/mol. The molecular weight excluding hydrogens is 362 g/mol. The summed E-state index contributed by atoms with van der Waals surface area (Å²) < 4.78 is 0. The van der Waals surface area contributed by atoms with Crippen LogP contribution < -0.4 is 10.2 Å². The lowest BCUT2D eigenvalue weighted by Gasteiger charge is -2.25. The predicted molar refractivity (Wildman–Crippen MR) is 110 cm³/mol. The number of nitrogens with zero attached hydrogens (tertiary/aromatic N) is 2. The van der Waals surface area contributed by atoms with Gasteiger partial charge in [-0.3, -0.25) is 4.79 Å². The van der Waals surface area contributed by atoms with Crippen molar-refractivity contribution in [2.24, 2.45) is 0 Å². The Morgan fingerprint density at radius 3 is 2.81 bits per heavy atom. The van der Waals surface area contributed by atoms with Crippen molar-refractivity contribution in [3.63, 3.8) is 0 Å². The Morgan fingerprint density at radius 2 is 2.00 bits per heavy atom. The number of thiazole rings is 1. The van der Waals surface area contributed by atoms with Crippen molar-refractivity contribution in [1.29, 1.82) is 0 Å². The lowest BCUT2D eigenvalue weighted by Crippen LogP contribution is -2.29. The van der Waals surface area contributed by atoms with E-state index in [4.69, 9.17) is 4.98 Å². The first-order chi connectivity index (χ1) is 12.8. The third-order valence-corrected chi connectivity index (χ3v) is 6.25. The van der Waals surface area contributed by atoms with Gasteiger partial charge in [-0.25, -0.2) is 4.98 Å². The normalized spacial score (nSPS) is 14.4. The Labute approximate surface area is 161 Å². The summed E-state index contributed by atoms with van der Waals surface area (Å²) in [5.41, 5.74) is 2.83. The maximum Gasteiger partial charge on any atom is 0.229 e. The molecule has 0 spiro atoms. The highest BCUT2D eigenvalue weighted by atomic mass is 32.1. The number of hydrogen-bond donors (Lipinski definition) is 1. The van der Waals surface area contributed by atoms with E-state index in [0.29, 0.717) is 6.42 Å². The highest BCUT2D eigenvalue weighted by Gasteiger charge is 2.15. The molecule has 1 N–H and O–H groups in total. The van der Waals surface area contributed by atoms with Gasteiger partial charge in [0.2, 0.25) is 5.91 Å². The van der Waals surface area contributed by atoms with E-state index in [1.54, 1.807) is 22.7 Å². The van der Waals surface area contributed by atoms with Crippen LogP contribution in [0.5, 0.6) is 0 Å². The molecule has 1 amide bonds. The molecule has 0 radical (unpaired) electrons. The van der Waals surface area contributed by atoms with Crippen molar-refractivity contribution in [2.45, 2.75) is 25.7 Å². The first-order valence-electron chi connectivity index (χ1n) is 8.91. The first-order valence-corrected chi connectivity index (χ1v) is 10.7. The van der Waals surface area contributed by atoms with Gasteiger partial charge in [0, 0.05) is 34.6 Å². The number of benzene rings is 1. The Hall–Kier alpha value is -2.18. The van der Waals surface area contributed by atoms with Crippen molar-refractivity contribution in [3.8, 4) is 11.3 Å². The summed E-state index contributed by atoms with van der Waals surface area (Å²) >= 11 is 3.31. The molecule has 1 aliphatic rings. The molecule has 0 saturated carbocycles. The molecule has 1 aliphatic heterocycles. The minimum absolute atomic E-state index is 0.0110. The molecule has 0 unspecified atom stereocenters. The fraction of sp³-hybridized carbons (Fsp3) is 0.300. The molecule has 26 heavy (non-hydrogen) atoms. The van der Waals surface area contributed by atoms with E-state index in [-0.39, 0.29) is 5.91 Å². The predicted octanol–water partition coefficient (Wildman–Crippen LogP) is 5.04. The number of rotatable bonds is 5. The van der Waals surface area contributed by atoms with Crippen molar-refractivity contribution >= 4 is 39.4 Å². The number of piperidine rings is 1. The Kier molecular flexibility index (Phi) is 5.32. The molecule has 4 rings (SSSR count). The van der Waals surface area contributed by atoms with Gasteiger partial charge in [0.15, 0.2) is 5.13 Å². The molecule has 6 heteroatoms. The highest BCUT2D eigenvalue weighted by molar-refractivity contribution is 7.14. The van der Waals surface area contributed by atoms with Crippen LogP contribution in [0.4, 0.5) is 10.8 Å². The van der Waals surface area contributed by atoms with Crippen LogP contribution in [0.3, 0.4) is 0 Å². The molecule has 134 valence electrons. The van der Waals surface area contributed by atoms with Gasteiger partial charge in [0.05, 0.1) is 12.1 Å². The largest absolute Gasteiger partial charge is 0.348 e. The zero-order chi connectivity index (χ0) is 17.8. The van der Waals surface area contributed by atoms with Crippen LogP contribution in [0.25, 0.3) is 11.3 Å². The van der Waals surface area contributed by atoms with Crippen LogP contribution in [-0.2, 0) is 11.2 Å². The van der Waals surface area contributed by atoms with Crippen LogP contribution in [0.2, 0.25) is 0 Å². The third kappa shape index (κ3) is 4.14. The molecule has 4 nitrogen and oxygen atoms in total. The van der Waals surface area contributed by atoms with Crippen molar-refractivity contribution < 1.29 is 4.79 Å². The minimum Gasteiger partial charge on any atom is -0.348 e. The summed E-state index contributed by atoms with van der Waals surface area (Å²) in [7, 11) is 0. The van der Waals surface area contributed by atoms with Crippen LogP contribution in [-0.4, -0.2) is 24.0 Å². The van der Waals surface area contributed by atoms with Crippen LogP contribution in [0.15, 0.2) is 47.2 Å². The van der Waals surface area contributed by atoms with Gasteiger partial charge in [0.25, 0.3) is 0 Å². The standard InChI is InChI=1S/C20H21N3OS2/c24-19(13-17-8-5-11-25-17)21-16-7-4-6-15(12-16)18-14-26-20(22-18)23-9-2-1-3-10-23/h4-8,11-12,14H,1-3,9-10,13H2,(H,21,24). The maximum absolute atomic E-state index is 12.2. The second-order valence-corrected chi connectivity index (χ2v) is 8.32. The number of anilines is 2. The molecular formula is C20H21N3OS2. The number of carbonyl (C=O) groups excluding carboxylic acids is 1. The molecule has 1 fully saturated rings. The first kappa shape index (κ1) is 17.2. The van der Waals surface area contributed by atoms with Gasteiger partial charge in [-0.1, -0.05) is 18.2 Å². The van der Waals surface area contributed by atoms with Crippen LogP contribution >= 0.6 is 22.7 Å². The van der Waals surface area contributed by atoms with E-state index in [0.717, 1.165) is 40.0 Å². The number of nitrogens with one attached hydrogen (secondary N) is 1. The lowest BCUT2D eigenvalue weighted by molar-refractivity contribution is -0.115. The molecule has 1 aromatic carbocycles. The fourth-order valence-corrected chi connectivity index (χ4v) is 4.75. The number of amides is 1. The molecule has 1 saturated heterocycles. The number of hydrogen-bond acceptors (Lipinski definition) is 5. The van der Waals surface area contributed by atoms with Crippen molar-refractivity contribution in [2.75, 3.05) is 23.3 Å². The van der Waals surface area contributed by atoms with E-state index >= 15 is 0 Å². The molecule has 3 aromatic rings.